The normalized spacial score (nSPS) is 10.8. The lowest BCUT2D eigenvalue weighted by Gasteiger charge is -2.12. The zero-order valence-electron chi connectivity index (χ0n) is 10.7. The number of hydrogen-bond acceptors (Lipinski definition) is 4. The minimum atomic E-state index is -0.802. The number of aromatic nitrogens is 1. The van der Waals surface area contributed by atoms with Gasteiger partial charge in [0, 0.05) is 12.1 Å². The Labute approximate surface area is 111 Å². The van der Waals surface area contributed by atoms with Crippen LogP contribution in [0.25, 0.3) is 11.3 Å². The number of carboxylic acids is 1. The number of rotatable bonds is 6. The number of nitrogens with zero attached hydrogens (tertiary/aromatic N) is 2. The summed E-state index contributed by atoms with van der Waals surface area (Å²) in [7, 11) is 1.84. The van der Waals surface area contributed by atoms with Gasteiger partial charge in [-0.1, -0.05) is 30.3 Å². The molecule has 0 aliphatic carbocycles. The maximum atomic E-state index is 10.5. The lowest BCUT2D eigenvalue weighted by molar-refractivity contribution is -0.137. The molecule has 0 saturated carbocycles. The molecular weight excluding hydrogens is 244 g/mol. The molecule has 0 aliphatic heterocycles. The van der Waals surface area contributed by atoms with Crippen molar-refractivity contribution in [3.8, 4) is 11.3 Å². The van der Waals surface area contributed by atoms with E-state index >= 15 is 0 Å². The number of hydrogen-bond donors (Lipinski definition) is 1. The molecule has 0 aliphatic rings. The van der Waals surface area contributed by atoms with Crippen molar-refractivity contribution in [3.05, 3.63) is 42.4 Å². The molecule has 19 heavy (non-hydrogen) atoms. The molecule has 0 fully saturated rings. The zero-order chi connectivity index (χ0) is 13.7. The van der Waals surface area contributed by atoms with Gasteiger partial charge in [-0.2, -0.15) is 0 Å². The van der Waals surface area contributed by atoms with E-state index in [0.717, 1.165) is 11.3 Å². The molecular formula is C14H16N2O3. The molecule has 1 heterocycles. The Kier molecular flexibility index (Phi) is 4.30. The molecule has 0 radical (unpaired) electrons. The third-order valence-electron chi connectivity index (χ3n) is 2.72. The van der Waals surface area contributed by atoms with Crippen LogP contribution in [0.1, 0.15) is 12.3 Å². The van der Waals surface area contributed by atoms with Crippen LogP contribution in [0.4, 0.5) is 0 Å². The van der Waals surface area contributed by atoms with Crippen molar-refractivity contribution < 1.29 is 14.3 Å². The van der Waals surface area contributed by atoms with Crippen LogP contribution < -0.4 is 0 Å². The topological polar surface area (TPSA) is 66.6 Å². The minimum Gasteiger partial charge on any atom is -0.481 e. The average Bonchev–Trinajstić information content (AvgIpc) is 2.86. The summed E-state index contributed by atoms with van der Waals surface area (Å²) in [6.07, 6.45) is 1.80. The molecule has 0 amide bonds. The molecule has 0 saturated heterocycles. The van der Waals surface area contributed by atoms with Gasteiger partial charge in [0.25, 0.3) is 0 Å². The highest BCUT2D eigenvalue weighted by molar-refractivity contribution is 5.66. The first-order chi connectivity index (χ1) is 9.15. The quantitative estimate of drug-likeness (QED) is 0.862. The van der Waals surface area contributed by atoms with Crippen LogP contribution in [-0.2, 0) is 11.3 Å². The summed E-state index contributed by atoms with van der Waals surface area (Å²) in [4.78, 5) is 16.6. The first kappa shape index (κ1) is 13.3. The van der Waals surface area contributed by atoms with E-state index in [1.54, 1.807) is 6.20 Å². The van der Waals surface area contributed by atoms with Crippen molar-refractivity contribution in [1.82, 2.24) is 9.88 Å². The van der Waals surface area contributed by atoms with Crippen molar-refractivity contribution >= 4 is 5.97 Å². The largest absolute Gasteiger partial charge is 0.481 e. The van der Waals surface area contributed by atoms with Crippen molar-refractivity contribution in [2.24, 2.45) is 0 Å². The highest BCUT2D eigenvalue weighted by Gasteiger charge is 2.09. The maximum absolute atomic E-state index is 10.5. The average molecular weight is 260 g/mol. The van der Waals surface area contributed by atoms with Gasteiger partial charge >= 0.3 is 5.97 Å². The number of aliphatic carboxylic acids is 1. The molecule has 1 aromatic heterocycles. The predicted molar refractivity (Wildman–Crippen MR) is 70.5 cm³/mol. The number of benzene rings is 1. The van der Waals surface area contributed by atoms with Gasteiger partial charge in [0.2, 0.25) is 5.89 Å². The van der Waals surface area contributed by atoms with E-state index < -0.39 is 5.97 Å². The fourth-order valence-electron chi connectivity index (χ4n) is 1.72. The molecule has 0 atom stereocenters. The zero-order valence-corrected chi connectivity index (χ0v) is 10.7. The molecule has 1 aromatic carbocycles. The fourth-order valence-corrected chi connectivity index (χ4v) is 1.72. The summed E-state index contributed by atoms with van der Waals surface area (Å²) in [5, 5.41) is 8.62. The van der Waals surface area contributed by atoms with Gasteiger partial charge in [0.05, 0.1) is 19.2 Å². The van der Waals surface area contributed by atoms with Gasteiger partial charge < -0.3 is 9.52 Å². The van der Waals surface area contributed by atoms with E-state index in [9.17, 15) is 4.79 Å². The summed E-state index contributed by atoms with van der Waals surface area (Å²) in [6.45, 7) is 0.971. The fraction of sp³-hybridized carbons (Fsp3) is 0.286. The molecule has 5 heteroatoms. The minimum absolute atomic E-state index is 0.114. The molecule has 0 spiro atoms. The maximum Gasteiger partial charge on any atom is 0.304 e. The number of carboxylic acid groups (broad SMARTS) is 1. The van der Waals surface area contributed by atoms with Crippen LogP contribution in [0, 0.1) is 0 Å². The van der Waals surface area contributed by atoms with Crippen molar-refractivity contribution in [3.63, 3.8) is 0 Å². The van der Waals surface area contributed by atoms with Gasteiger partial charge in [0.15, 0.2) is 5.76 Å². The molecule has 100 valence electrons. The van der Waals surface area contributed by atoms with E-state index in [-0.39, 0.29) is 6.42 Å². The van der Waals surface area contributed by atoms with Crippen molar-refractivity contribution in [2.75, 3.05) is 13.6 Å². The summed E-state index contributed by atoms with van der Waals surface area (Å²) < 4.78 is 5.65. The molecule has 0 bridgehead atoms. The Morgan fingerprint density at radius 1 is 1.37 bits per heavy atom. The van der Waals surface area contributed by atoms with Crippen molar-refractivity contribution in [2.45, 2.75) is 13.0 Å². The van der Waals surface area contributed by atoms with Crippen LogP contribution in [0.3, 0.4) is 0 Å². The Balaban J connectivity index is 1.96. The Morgan fingerprint density at radius 3 is 2.79 bits per heavy atom. The van der Waals surface area contributed by atoms with Gasteiger partial charge in [-0.15, -0.1) is 0 Å². The van der Waals surface area contributed by atoms with Crippen LogP contribution in [0.2, 0.25) is 0 Å². The van der Waals surface area contributed by atoms with E-state index in [4.69, 9.17) is 9.52 Å². The van der Waals surface area contributed by atoms with E-state index in [0.29, 0.717) is 19.0 Å². The van der Waals surface area contributed by atoms with Gasteiger partial charge in [-0.3, -0.25) is 9.69 Å². The monoisotopic (exact) mass is 260 g/mol. The molecule has 0 unspecified atom stereocenters. The van der Waals surface area contributed by atoms with Crippen molar-refractivity contribution in [1.29, 1.82) is 0 Å². The third-order valence-corrected chi connectivity index (χ3v) is 2.72. The summed E-state index contributed by atoms with van der Waals surface area (Å²) in [5.41, 5.74) is 0.981. The van der Waals surface area contributed by atoms with Gasteiger partial charge in [-0.25, -0.2) is 4.98 Å². The number of carbonyl (C=O) groups is 1. The molecule has 5 nitrogen and oxygen atoms in total. The second kappa shape index (κ2) is 6.15. The van der Waals surface area contributed by atoms with E-state index in [1.165, 1.54) is 0 Å². The Hall–Kier alpha value is -2.14. The summed E-state index contributed by atoms with van der Waals surface area (Å²) >= 11 is 0. The third kappa shape index (κ3) is 3.93. The first-order valence-electron chi connectivity index (χ1n) is 6.05. The highest BCUT2D eigenvalue weighted by atomic mass is 16.4. The lowest BCUT2D eigenvalue weighted by atomic mass is 10.2. The second-order valence-electron chi connectivity index (χ2n) is 4.37. The van der Waals surface area contributed by atoms with E-state index in [2.05, 4.69) is 4.98 Å². The van der Waals surface area contributed by atoms with Crippen LogP contribution in [0.15, 0.2) is 40.9 Å². The van der Waals surface area contributed by atoms with Crippen LogP contribution in [0.5, 0.6) is 0 Å². The Bertz CT molecular complexity index is 537. The smallest absolute Gasteiger partial charge is 0.304 e. The standard InChI is InChI=1S/C14H16N2O3/c1-16(8-7-14(17)18)10-13-15-9-12(19-13)11-5-3-2-4-6-11/h2-6,9H,7-8,10H2,1H3,(H,17,18). The SMILES string of the molecule is CN(CCC(=O)O)Cc1ncc(-c2ccccc2)o1. The molecule has 2 aromatic rings. The molecule has 1 N–H and O–H groups in total. The number of oxazole rings is 1. The Morgan fingerprint density at radius 2 is 2.11 bits per heavy atom. The van der Waals surface area contributed by atoms with Crippen LogP contribution in [-0.4, -0.2) is 34.6 Å². The molecule has 2 rings (SSSR count). The van der Waals surface area contributed by atoms with E-state index in [1.807, 2.05) is 42.3 Å². The van der Waals surface area contributed by atoms with Gasteiger partial charge in [0.1, 0.15) is 0 Å². The predicted octanol–water partition coefficient (Wildman–Crippen LogP) is 2.25. The van der Waals surface area contributed by atoms with Gasteiger partial charge in [-0.05, 0) is 7.05 Å². The van der Waals surface area contributed by atoms with Crippen LogP contribution >= 0.6 is 0 Å². The first-order valence-corrected chi connectivity index (χ1v) is 6.05. The highest BCUT2D eigenvalue weighted by Crippen LogP contribution is 2.20. The summed E-state index contributed by atoms with van der Waals surface area (Å²) in [5.74, 6) is 0.512. The second-order valence-corrected chi connectivity index (χ2v) is 4.37. The lowest BCUT2D eigenvalue weighted by Crippen LogP contribution is -2.21. The summed E-state index contributed by atoms with van der Waals surface area (Å²) in [6, 6.07) is 9.74.